The van der Waals surface area contributed by atoms with Crippen molar-refractivity contribution in [3.63, 3.8) is 0 Å². The van der Waals surface area contributed by atoms with Crippen LogP contribution in [0, 0.1) is 5.92 Å². The van der Waals surface area contributed by atoms with Crippen LogP contribution in [0.3, 0.4) is 0 Å². The molecule has 0 saturated carbocycles. The number of hydrogen-bond donors (Lipinski definition) is 1. The molecule has 2 aliphatic heterocycles. The zero-order valence-corrected chi connectivity index (χ0v) is 16.1. The van der Waals surface area contributed by atoms with Gasteiger partial charge in [-0.3, -0.25) is 14.4 Å². The van der Waals surface area contributed by atoms with Crippen molar-refractivity contribution >= 4 is 17.6 Å². The molecule has 0 radical (unpaired) electrons. The third-order valence-electron chi connectivity index (χ3n) is 5.22. The zero-order chi connectivity index (χ0) is 21.0. The highest BCUT2D eigenvalue weighted by atomic mass is 19.3. The van der Waals surface area contributed by atoms with Gasteiger partial charge in [-0.1, -0.05) is 6.92 Å². The number of nitrogens with zero attached hydrogens (tertiary/aromatic N) is 1. The number of nitrogens with one attached hydrogen (secondary N) is 1. The van der Waals surface area contributed by atoms with Crippen molar-refractivity contribution in [3.05, 3.63) is 29.8 Å². The Kier molecular flexibility index (Phi) is 6.79. The molecule has 0 spiro atoms. The first kappa shape index (κ1) is 21.2. The maximum absolute atomic E-state index is 12.5. The number of carbonyl (C=O) groups excluding carboxylic acids is 3. The fraction of sp³-hybridized carbons (Fsp3) is 0.550. The number of amides is 2. The second-order valence-corrected chi connectivity index (χ2v) is 7.39. The molecule has 1 N–H and O–H groups in total. The van der Waals surface area contributed by atoms with E-state index in [0.29, 0.717) is 37.9 Å². The minimum atomic E-state index is -2.91. The number of benzene rings is 1. The van der Waals surface area contributed by atoms with E-state index in [0.717, 1.165) is 0 Å². The first-order valence-electron chi connectivity index (χ1n) is 9.62. The Labute approximate surface area is 167 Å². The van der Waals surface area contributed by atoms with Gasteiger partial charge in [-0.2, -0.15) is 8.78 Å². The minimum Gasteiger partial charge on any atom is -0.435 e. The molecule has 0 bridgehead atoms. The van der Waals surface area contributed by atoms with Gasteiger partial charge in [0.2, 0.25) is 5.91 Å². The van der Waals surface area contributed by atoms with Crippen LogP contribution in [0.1, 0.15) is 36.5 Å². The standard InChI is InChI=1S/C20H24F2N2O5/c1-12(10-17(26)24-9-7-16-18(24)15(25)11-28-16)6-8-23-19(27)13-2-4-14(5-3-13)29-20(21)22/h2-5,12,16,18,20H,6-11H2,1H3,(H,23,27). The predicted octanol–water partition coefficient (Wildman–Crippen LogP) is 2.00. The molecule has 2 amide bonds. The molecular weight excluding hydrogens is 386 g/mol. The molecule has 2 heterocycles. The summed E-state index contributed by atoms with van der Waals surface area (Å²) in [6.45, 7) is -0.00733. The topological polar surface area (TPSA) is 84.9 Å². The van der Waals surface area contributed by atoms with Gasteiger partial charge >= 0.3 is 6.61 Å². The highest BCUT2D eigenvalue weighted by Gasteiger charge is 2.46. The Morgan fingerprint density at radius 1 is 1.31 bits per heavy atom. The molecule has 2 fully saturated rings. The summed E-state index contributed by atoms with van der Waals surface area (Å²) in [5.74, 6) is -0.418. The van der Waals surface area contributed by atoms with E-state index in [2.05, 4.69) is 10.1 Å². The molecule has 7 nitrogen and oxygen atoms in total. The molecule has 158 valence electrons. The Bertz CT molecular complexity index is 756. The first-order chi connectivity index (χ1) is 13.8. The van der Waals surface area contributed by atoms with Crippen LogP contribution >= 0.6 is 0 Å². The number of carbonyl (C=O) groups is 3. The van der Waals surface area contributed by atoms with E-state index in [1.807, 2.05) is 6.92 Å². The molecule has 1 aromatic carbocycles. The fourth-order valence-electron chi connectivity index (χ4n) is 3.71. The summed E-state index contributed by atoms with van der Waals surface area (Å²) in [4.78, 5) is 38.2. The average molecular weight is 410 g/mol. The van der Waals surface area contributed by atoms with E-state index in [-0.39, 0.29) is 42.0 Å². The van der Waals surface area contributed by atoms with E-state index in [9.17, 15) is 23.2 Å². The number of Topliss-reactive ketones (excluding diaryl/α,β-unsaturated/α-hetero) is 1. The largest absolute Gasteiger partial charge is 0.435 e. The smallest absolute Gasteiger partial charge is 0.387 e. The number of ketones is 1. The van der Waals surface area contributed by atoms with Crippen LogP contribution in [0.25, 0.3) is 0 Å². The van der Waals surface area contributed by atoms with Crippen LogP contribution < -0.4 is 10.1 Å². The van der Waals surface area contributed by atoms with Crippen LogP contribution in [0.2, 0.25) is 0 Å². The summed E-state index contributed by atoms with van der Waals surface area (Å²) in [7, 11) is 0. The Morgan fingerprint density at radius 3 is 2.72 bits per heavy atom. The quantitative estimate of drug-likeness (QED) is 0.709. The van der Waals surface area contributed by atoms with Gasteiger partial charge in [-0.15, -0.1) is 0 Å². The summed E-state index contributed by atoms with van der Waals surface area (Å²) >= 11 is 0. The lowest BCUT2D eigenvalue weighted by Gasteiger charge is -2.23. The predicted molar refractivity (Wildman–Crippen MR) is 98.7 cm³/mol. The van der Waals surface area contributed by atoms with Gasteiger partial charge in [0.25, 0.3) is 5.91 Å². The number of fused-ring (bicyclic) bond motifs is 1. The van der Waals surface area contributed by atoms with E-state index >= 15 is 0 Å². The van der Waals surface area contributed by atoms with E-state index < -0.39 is 12.7 Å². The lowest BCUT2D eigenvalue weighted by molar-refractivity contribution is -0.137. The number of ether oxygens (including phenoxy) is 2. The van der Waals surface area contributed by atoms with Gasteiger partial charge in [0.05, 0.1) is 6.10 Å². The second-order valence-electron chi connectivity index (χ2n) is 7.39. The lowest BCUT2D eigenvalue weighted by atomic mass is 10.0. The summed E-state index contributed by atoms with van der Waals surface area (Å²) in [6, 6.07) is 4.99. The molecule has 3 rings (SSSR count). The van der Waals surface area contributed by atoms with Gasteiger partial charge < -0.3 is 19.7 Å². The molecule has 9 heteroatoms. The van der Waals surface area contributed by atoms with Gasteiger partial charge in [-0.05, 0) is 43.0 Å². The highest BCUT2D eigenvalue weighted by molar-refractivity contribution is 5.94. The number of hydrogen-bond acceptors (Lipinski definition) is 5. The van der Waals surface area contributed by atoms with Crippen molar-refractivity contribution in [1.82, 2.24) is 10.2 Å². The maximum Gasteiger partial charge on any atom is 0.387 e. The van der Waals surface area contributed by atoms with E-state index in [1.54, 1.807) is 4.90 Å². The average Bonchev–Trinajstić information content (AvgIpc) is 3.25. The van der Waals surface area contributed by atoms with Crippen molar-refractivity contribution in [2.75, 3.05) is 19.7 Å². The molecular formula is C20H24F2N2O5. The number of halogens is 2. The van der Waals surface area contributed by atoms with E-state index in [4.69, 9.17) is 4.74 Å². The zero-order valence-electron chi connectivity index (χ0n) is 16.1. The molecule has 1 aromatic rings. The summed E-state index contributed by atoms with van der Waals surface area (Å²) in [5.41, 5.74) is 0.332. The van der Waals surface area contributed by atoms with Crippen molar-refractivity contribution in [2.45, 2.75) is 44.9 Å². The second kappa shape index (κ2) is 9.30. The van der Waals surface area contributed by atoms with Crippen LogP contribution in [-0.4, -0.2) is 61.0 Å². The summed E-state index contributed by atoms with van der Waals surface area (Å²) in [5, 5.41) is 2.75. The number of rotatable bonds is 8. The van der Waals surface area contributed by atoms with Gasteiger partial charge in [0.1, 0.15) is 18.4 Å². The van der Waals surface area contributed by atoms with Gasteiger partial charge in [0, 0.05) is 25.1 Å². The third-order valence-corrected chi connectivity index (χ3v) is 5.22. The van der Waals surface area contributed by atoms with Gasteiger partial charge in [0.15, 0.2) is 5.78 Å². The lowest BCUT2D eigenvalue weighted by Crippen LogP contribution is -2.42. The molecule has 3 unspecified atom stereocenters. The molecule has 2 aliphatic rings. The summed E-state index contributed by atoms with van der Waals surface area (Å²) in [6.07, 6.45) is 1.41. The van der Waals surface area contributed by atoms with Gasteiger partial charge in [-0.25, -0.2) is 0 Å². The monoisotopic (exact) mass is 410 g/mol. The SMILES string of the molecule is CC(CCNC(=O)c1ccc(OC(F)F)cc1)CC(=O)N1CCC2OCC(=O)C21. The molecule has 0 aromatic heterocycles. The van der Waals surface area contributed by atoms with Crippen molar-refractivity contribution in [3.8, 4) is 5.75 Å². The summed E-state index contributed by atoms with van der Waals surface area (Å²) < 4.78 is 33.9. The minimum absolute atomic E-state index is 0.0148. The fourth-order valence-corrected chi connectivity index (χ4v) is 3.71. The molecule has 29 heavy (non-hydrogen) atoms. The van der Waals surface area contributed by atoms with Crippen LogP contribution in [0.4, 0.5) is 8.78 Å². The highest BCUT2D eigenvalue weighted by Crippen LogP contribution is 2.28. The Hall–Kier alpha value is -2.55. The third kappa shape index (κ3) is 5.29. The molecule has 0 aliphatic carbocycles. The van der Waals surface area contributed by atoms with Crippen LogP contribution in [0.5, 0.6) is 5.75 Å². The Morgan fingerprint density at radius 2 is 2.03 bits per heavy atom. The van der Waals surface area contributed by atoms with Crippen molar-refractivity contribution in [1.29, 1.82) is 0 Å². The molecule has 3 atom stereocenters. The maximum atomic E-state index is 12.5. The number of alkyl halides is 2. The molecule has 2 saturated heterocycles. The van der Waals surface area contributed by atoms with Crippen molar-refractivity contribution in [2.24, 2.45) is 5.92 Å². The Balaban J connectivity index is 1.40. The first-order valence-corrected chi connectivity index (χ1v) is 9.62. The van der Waals surface area contributed by atoms with Crippen LogP contribution in [0.15, 0.2) is 24.3 Å². The van der Waals surface area contributed by atoms with E-state index in [1.165, 1.54) is 24.3 Å². The number of likely N-dealkylation sites (tertiary alicyclic amines) is 1. The normalized spacial score (nSPS) is 21.9. The van der Waals surface area contributed by atoms with Crippen LogP contribution in [-0.2, 0) is 14.3 Å². The van der Waals surface area contributed by atoms with Crippen molar-refractivity contribution < 1.29 is 32.6 Å².